The average molecular weight is 1010 g/mol. The first kappa shape index (κ1) is 49.6. The molecule has 0 unspecified atom stereocenters. The van der Waals surface area contributed by atoms with Crippen LogP contribution in [-0.4, -0.2) is 126 Å². The van der Waals surface area contributed by atoms with Gasteiger partial charge in [-0.15, -0.1) is 0 Å². The lowest BCUT2D eigenvalue weighted by Crippen LogP contribution is -2.62. The van der Waals surface area contributed by atoms with Gasteiger partial charge in [-0.3, -0.25) is 24.7 Å². The molecule has 2 saturated carbocycles. The minimum Gasteiger partial charge on any atom is -0.478 e. The number of aromatic nitrogens is 3. The second-order valence-corrected chi connectivity index (χ2v) is 22.8. The molecule has 1 spiro atoms. The van der Waals surface area contributed by atoms with E-state index >= 15 is 0 Å². The minimum atomic E-state index is -4.73. The summed E-state index contributed by atoms with van der Waals surface area (Å²) in [5.74, 6) is -1.30. The fourth-order valence-corrected chi connectivity index (χ4v) is 12.5. The van der Waals surface area contributed by atoms with E-state index in [2.05, 4.69) is 77.8 Å². The molecular weight excluding hydrogens is 946 g/mol. The number of benzene rings is 2. The predicted molar refractivity (Wildman–Crippen MR) is 269 cm³/mol. The van der Waals surface area contributed by atoms with Crippen LogP contribution in [0.1, 0.15) is 106 Å². The Labute approximate surface area is 418 Å². The molecule has 1 atom stereocenters. The zero-order valence-electron chi connectivity index (χ0n) is 41.2. The molecule has 20 heteroatoms. The van der Waals surface area contributed by atoms with Crippen molar-refractivity contribution in [3.63, 3.8) is 0 Å². The van der Waals surface area contributed by atoms with Gasteiger partial charge in [-0.1, -0.05) is 38.1 Å². The summed E-state index contributed by atoms with van der Waals surface area (Å²) in [5, 5.41) is 25.6. The number of aromatic amines is 1. The fourth-order valence-electron chi connectivity index (χ4n) is 11.6. The number of rotatable bonds is 15. The van der Waals surface area contributed by atoms with Crippen molar-refractivity contribution < 1.29 is 41.8 Å². The van der Waals surface area contributed by atoms with Gasteiger partial charge in [-0.05, 0) is 98.8 Å². The Bertz CT molecular complexity index is 2940. The number of piperidine rings is 1. The summed E-state index contributed by atoms with van der Waals surface area (Å²) in [4.78, 5) is 43.9. The van der Waals surface area contributed by atoms with Crippen molar-refractivity contribution in [2.24, 2.45) is 11.3 Å². The molecule has 6 heterocycles. The van der Waals surface area contributed by atoms with Crippen molar-refractivity contribution in [1.82, 2.24) is 29.5 Å². The third kappa shape index (κ3) is 10.1. The Morgan fingerprint density at radius 3 is 2.47 bits per heavy atom. The van der Waals surface area contributed by atoms with Gasteiger partial charge in [-0.2, -0.15) is 4.98 Å². The summed E-state index contributed by atoms with van der Waals surface area (Å²) in [6, 6.07) is 17.3. The molecule has 3 aromatic heterocycles. The molecule has 0 bridgehead atoms. The number of ether oxygens (including phenoxy) is 3. The number of hydrogen-bond acceptors (Lipinski definition) is 15. The molecule has 3 aliphatic heterocycles. The van der Waals surface area contributed by atoms with Crippen LogP contribution < -0.4 is 24.4 Å². The van der Waals surface area contributed by atoms with Gasteiger partial charge in [0.1, 0.15) is 22.1 Å². The molecule has 2 aromatic carbocycles. The van der Waals surface area contributed by atoms with Gasteiger partial charge < -0.3 is 34.5 Å². The molecule has 2 aliphatic carbocycles. The number of piperazine rings is 1. The second-order valence-electron chi connectivity index (χ2n) is 21.1. The number of amides is 1. The number of nitrogens with one attached hydrogen (secondary N) is 3. The van der Waals surface area contributed by atoms with E-state index in [9.17, 15) is 32.8 Å². The number of pyridine rings is 2. The molecule has 5 aliphatic rings. The Morgan fingerprint density at radius 2 is 1.78 bits per heavy atom. The Balaban J connectivity index is 0.863. The molecule has 72 heavy (non-hydrogen) atoms. The molecule has 5 aromatic rings. The monoisotopic (exact) mass is 1010 g/mol. The van der Waals surface area contributed by atoms with Crippen LogP contribution in [0.3, 0.4) is 0 Å². The number of anilines is 2. The molecule has 10 rings (SSSR count). The molecule has 3 saturated heterocycles. The third-order valence-electron chi connectivity index (χ3n) is 16.1. The average Bonchev–Trinajstić information content (AvgIpc) is 3.70. The third-order valence-corrected chi connectivity index (χ3v) is 17.3. The number of methoxy groups -OCH3 is 1. The number of hydrogen-bond donors (Lipinski definition) is 4. The molecule has 0 radical (unpaired) electrons. The van der Waals surface area contributed by atoms with Crippen LogP contribution in [0.4, 0.5) is 21.6 Å². The Kier molecular flexibility index (Phi) is 13.7. The number of nitrogens with zero attached hydrogens (tertiary/aromatic N) is 6. The number of fused-ring (bicyclic) bond motifs is 1. The molecule has 5 fully saturated rings. The fraction of sp³-hybridized carbons (Fsp3) is 0.519. The van der Waals surface area contributed by atoms with E-state index in [1.54, 1.807) is 19.1 Å². The summed E-state index contributed by atoms with van der Waals surface area (Å²) in [7, 11) is -3.36. The maximum atomic E-state index is 14.9. The Morgan fingerprint density at radius 1 is 1.03 bits per heavy atom. The maximum Gasteiger partial charge on any atom is 0.312 e. The molecular formula is C52H64FN9O9S. The van der Waals surface area contributed by atoms with Crippen molar-refractivity contribution in [3.05, 3.63) is 99.6 Å². The van der Waals surface area contributed by atoms with Crippen molar-refractivity contribution in [2.75, 3.05) is 69.8 Å². The summed E-state index contributed by atoms with van der Waals surface area (Å²) in [5.41, 5.74) is 2.47. The molecule has 384 valence electrons. The number of sulfonamides is 1. The lowest BCUT2D eigenvalue weighted by molar-refractivity contribution is -0.384. The number of carbonyl (C=O) groups is 1. The Hall–Kier alpha value is -5.93. The van der Waals surface area contributed by atoms with Crippen LogP contribution in [0.25, 0.3) is 11.0 Å². The second kappa shape index (κ2) is 19.8. The summed E-state index contributed by atoms with van der Waals surface area (Å²) >= 11 is 0. The zero-order chi connectivity index (χ0) is 50.5. The van der Waals surface area contributed by atoms with Crippen LogP contribution in [0, 0.1) is 27.3 Å². The summed E-state index contributed by atoms with van der Waals surface area (Å²) in [6.07, 6.45) is 8.88. The predicted octanol–water partition coefficient (Wildman–Crippen LogP) is 7.91. The van der Waals surface area contributed by atoms with Crippen LogP contribution in [0.5, 0.6) is 17.4 Å². The van der Waals surface area contributed by atoms with Gasteiger partial charge in [0.2, 0.25) is 5.82 Å². The number of halogens is 1. The number of H-pyrrole nitrogens is 1. The van der Waals surface area contributed by atoms with E-state index in [1.165, 1.54) is 30.4 Å². The first-order valence-electron chi connectivity index (χ1n) is 25.1. The summed E-state index contributed by atoms with van der Waals surface area (Å²) < 4.78 is 62.1. The lowest BCUT2D eigenvalue weighted by atomic mass is 9.59. The van der Waals surface area contributed by atoms with Crippen molar-refractivity contribution >= 4 is 44.2 Å². The van der Waals surface area contributed by atoms with Crippen molar-refractivity contribution in [2.45, 2.75) is 107 Å². The van der Waals surface area contributed by atoms with Gasteiger partial charge in [0.15, 0.2) is 5.75 Å². The minimum absolute atomic E-state index is 0.0102. The maximum absolute atomic E-state index is 14.9. The normalized spacial score (nSPS) is 23.2. The van der Waals surface area contributed by atoms with E-state index in [0.717, 1.165) is 95.8 Å². The van der Waals surface area contributed by atoms with E-state index in [0.29, 0.717) is 56.3 Å². The highest BCUT2D eigenvalue weighted by atomic mass is 32.2. The van der Waals surface area contributed by atoms with Crippen molar-refractivity contribution in [1.29, 1.82) is 0 Å². The summed E-state index contributed by atoms with van der Waals surface area (Å²) in [6.45, 7) is 12.8. The number of carbonyl (C=O) groups excluding carboxylic acids is 1. The van der Waals surface area contributed by atoms with Crippen LogP contribution in [-0.2, 0) is 14.8 Å². The largest absolute Gasteiger partial charge is 0.478 e. The van der Waals surface area contributed by atoms with E-state index < -0.39 is 42.9 Å². The highest BCUT2D eigenvalue weighted by molar-refractivity contribution is 7.90. The lowest BCUT2D eigenvalue weighted by Gasteiger charge is -2.59. The number of aliphatic hydroxyl groups is 1. The quantitative estimate of drug-likeness (QED) is 0.0579. The van der Waals surface area contributed by atoms with Crippen molar-refractivity contribution in [3.8, 4) is 17.4 Å². The molecule has 18 nitrogen and oxygen atoms in total. The SMILES string of the molecule is COc1nc2[nH]cc(F)c2cc1Oc1cc(N2CCC3(CC2)CC(N2CCN(C4COC4)C[C@H]2c2ccccc2C(C)C)C3)ccc1C(=O)NS(=O)(=O)c1cnc(NCC2CCC(C)(O)CC2)c([N+](=O)[O-])c1. The molecule has 4 N–H and O–H groups in total. The standard InChI is InChI=1S/C52H64FN9O9S/c1-32(2)38-7-5-6-8-39(38)44-29-60(36-30-70-31-36)19-20-61(44)35-24-52(25-35)15-17-59(18-16-52)34-9-10-40(45(21-34)71-46-23-41-42(53)28-56-47(41)57-50(46)69-4)49(63)58-72(67,68)37-22-43(62(65)66)48(55-27-37)54-26-33-11-13-51(3,64)14-12-33/h5-10,21-23,27-28,32-33,35-36,44,64H,11-20,24-26,29-31H2,1-4H3,(H,54,55)(H,56,57)(H,58,63)/t33?,44-,51?/m0/s1. The smallest absolute Gasteiger partial charge is 0.312 e. The van der Waals surface area contributed by atoms with Crippen LogP contribution in [0.15, 0.2) is 71.9 Å². The number of nitro groups is 1. The van der Waals surface area contributed by atoms with Crippen LogP contribution in [0.2, 0.25) is 0 Å². The van der Waals surface area contributed by atoms with Gasteiger partial charge >= 0.3 is 5.69 Å². The van der Waals surface area contributed by atoms with Gasteiger partial charge in [0.25, 0.3) is 21.8 Å². The highest BCUT2D eigenvalue weighted by Crippen LogP contribution is 2.54. The molecule has 1 amide bonds. The first-order chi connectivity index (χ1) is 34.5. The van der Waals surface area contributed by atoms with Gasteiger partial charge in [-0.25, -0.2) is 22.5 Å². The van der Waals surface area contributed by atoms with E-state index in [1.807, 2.05) is 0 Å². The van der Waals surface area contributed by atoms with Gasteiger partial charge in [0.05, 0.1) is 54.0 Å². The zero-order valence-corrected chi connectivity index (χ0v) is 42.1. The first-order valence-corrected chi connectivity index (χ1v) is 26.6. The highest BCUT2D eigenvalue weighted by Gasteiger charge is 2.50. The topological polar surface area (TPSA) is 218 Å². The van der Waals surface area contributed by atoms with E-state index in [4.69, 9.17) is 14.2 Å². The van der Waals surface area contributed by atoms with E-state index in [-0.39, 0.29) is 51.1 Å². The van der Waals surface area contributed by atoms with Crippen LogP contribution >= 0.6 is 0 Å². The van der Waals surface area contributed by atoms with Gasteiger partial charge in [0, 0.05) is 81.4 Å².